The zero-order chi connectivity index (χ0) is 57.1. The summed E-state index contributed by atoms with van der Waals surface area (Å²) in [5.41, 5.74) is 0. The molecule has 0 aliphatic heterocycles. The first kappa shape index (κ1) is 74.5. The molecule has 0 spiro atoms. The second kappa shape index (κ2) is 66.1. The van der Waals surface area contributed by atoms with Gasteiger partial charge in [0, 0.05) is 19.3 Å². The molecule has 0 radical (unpaired) electrons. The van der Waals surface area contributed by atoms with Crippen LogP contribution in [0.2, 0.25) is 0 Å². The lowest BCUT2D eigenvalue weighted by Gasteiger charge is -2.18. The molecule has 0 aromatic rings. The summed E-state index contributed by atoms with van der Waals surface area (Å²) in [6.45, 7) is 6.38. The van der Waals surface area contributed by atoms with Gasteiger partial charge in [0.15, 0.2) is 6.10 Å². The van der Waals surface area contributed by atoms with Crippen LogP contribution in [0, 0.1) is 0 Å². The number of carbonyl (C=O) groups is 3. The van der Waals surface area contributed by atoms with E-state index < -0.39 is 6.10 Å². The van der Waals surface area contributed by atoms with Crippen molar-refractivity contribution in [2.45, 2.75) is 297 Å². The first-order valence-electron chi connectivity index (χ1n) is 32.7. The minimum atomic E-state index is -0.815. The van der Waals surface area contributed by atoms with Crippen LogP contribution in [0.5, 0.6) is 0 Å². The van der Waals surface area contributed by atoms with Crippen molar-refractivity contribution in [2.75, 3.05) is 13.2 Å². The minimum Gasteiger partial charge on any atom is -0.462 e. The Labute approximate surface area is 487 Å². The molecule has 448 valence electrons. The van der Waals surface area contributed by atoms with E-state index in [2.05, 4.69) is 154 Å². The van der Waals surface area contributed by atoms with Gasteiger partial charge in [-0.05, 0) is 109 Å². The first-order valence-corrected chi connectivity index (χ1v) is 32.7. The molecule has 0 rings (SSSR count). The topological polar surface area (TPSA) is 78.9 Å². The molecule has 0 aliphatic carbocycles. The maximum atomic E-state index is 12.9. The predicted molar refractivity (Wildman–Crippen MR) is 343 cm³/mol. The van der Waals surface area contributed by atoms with Gasteiger partial charge >= 0.3 is 17.9 Å². The highest BCUT2D eigenvalue weighted by atomic mass is 16.6. The van der Waals surface area contributed by atoms with Crippen LogP contribution in [0.3, 0.4) is 0 Å². The van der Waals surface area contributed by atoms with Gasteiger partial charge in [-0.3, -0.25) is 14.4 Å². The van der Waals surface area contributed by atoms with Crippen LogP contribution in [0.15, 0.2) is 134 Å². The van der Waals surface area contributed by atoms with Gasteiger partial charge in [-0.1, -0.05) is 296 Å². The van der Waals surface area contributed by atoms with Gasteiger partial charge in [0.1, 0.15) is 13.2 Å². The lowest BCUT2D eigenvalue weighted by Crippen LogP contribution is -2.30. The Morgan fingerprint density at radius 2 is 0.506 bits per heavy atom. The van der Waals surface area contributed by atoms with Crippen LogP contribution in [-0.2, 0) is 28.6 Å². The van der Waals surface area contributed by atoms with Gasteiger partial charge in [0.25, 0.3) is 0 Å². The summed E-state index contributed by atoms with van der Waals surface area (Å²) >= 11 is 0. The standard InChI is InChI=1S/C73H120O6/c1-4-7-10-13-16-19-22-25-28-31-34-35-36-37-40-42-45-48-51-54-57-60-63-66-72(75)78-69-70(79-73(76)67-64-61-58-55-52-49-46-43-39-33-30-27-24-21-18-15-12-9-6-3)68-77-71(74)65-62-59-56-53-50-47-44-41-38-32-29-26-23-20-17-14-11-8-5-2/h7,9-10,12,16,18-19,21,25,27-28,30,34-35,37,39-40,43,45,48,54,57,70H,4-6,8,11,13-15,17,20,22-24,26,29,31-33,36,38,41-42,44,46-47,49-53,55-56,58-69H2,1-3H3/b10-7-,12-9-,19-16-,21-18-,28-25-,30-27-,35-34-,40-37-,43-39-,48-45-,57-54-. The van der Waals surface area contributed by atoms with E-state index >= 15 is 0 Å². The SMILES string of the molecule is CC/C=C\C/C=C\C/C=C\C/C=C\C/C=C\C/C=C\C/C=C\CCCC(=O)OCC(COC(=O)CCCCCCCCCCCCCCCCCCCCC)OC(=O)CCCCCCCC/C=C\C/C=C\C/C=C\C/C=C\CC. The smallest absolute Gasteiger partial charge is 0.306 e. The van der Waals surface area contributed by atoms with Crippen LogP contribution in [-0.4, -0.2) is 37.2 Å². The van der Waals surface area contributed by atoms with E-state index in [1.165, 1.54) is 116 Å². The first-order chi connectivity index (χ1) is 39.0. The van der Waals surface area contributed by atoms with Crippen molar-refractivity contribution in [1.29, 1.82) is 0 Å². The van der Waals surface area contributed by atoms with E-state index in [0.29, 0.717) is 19.3 Å². The molecule has 0 N–H and O–H groups in total. The number of allylic oxidation sites excluding steroid dienone is 22. The number of rotatable bonds is 58. The van der Waals surface area contributed by atoms with Crippen molar-refractivity contribution >= 4 is 17.9 Å². The van der Waals surface area contributed by atoms with Crippen LogP contribution in [0.25, 0.3) is 0 Å². The molecule has 0 saturated carbocycles. The maximum Gasteiger partial charge on any atom is 0.306 e. The average molecular weight is 1090 g/mol. The second-order valence-corrected chi connectivity index (χ2v) is 21.3. The summed E-state index contributed by atoms with van der Waals surface area (Å²) in [4.78, 5) is 38.4. The van der Waals surface area contributed by atoms with Crippen LogP contribution in [0.1, 0.15) is 290 Å². The van der Waals surface area contributed by atoms with Gasteiger partial charge in [-0.2, -0.15) is 0 Å². The Balaban J connectivity index is 4.51. The van der Waals surface area contributed by atoms with Crippen molar-refractivity contribution in [3.8, 4) is 0 Å². The highest BCUT2D eigenvalue weighted by molar-refractivity contribution is 5.71. The normalized spacial score (nSPS) is 13.0. The third-order valence-corrected chi connectivity index (χ3v) is 13.7. The van der Waals surface area contributed by atoms with E-state index in [1.54, 1.807) is 0 Å². The fourth-order valence-electron chi connectivity index (χ4n) is 8.84. The Morgan fingerprint density at radius 3 is 0.823 bits per heavy atom. The van der Waals surface area contributed by atoms with E-state index in [-0.39, 0.29) is 37.5 Å². The third kappa shape index (κ3) is 64.3. The van der Waals surface area contributed by atoms with Gasteiger partial charge in [0.2, 0.25) is 0 Å². The maximum absolute atomic E-state index is 12.9. The molecule has 0 bridgehead atoms. The Bertz CT molecular complexity index is 1680. The number of carbonyl (C=O) groups excluding carboxylic acids is 3. The van der Waals surface area contributed by atoms with Crippen molar-refractivity contribution in [2.24, 2.45) is 0 Å². The molecule has 79 heavy (non-hydrogen) atoms. The zero-order valence-corrected chi connectivity index (χ0v) is 51.3. The van der Waals surface area contributed by atoms with Crippen LogP contribution in [0.4, 0.5) is 0 Å². The summed E-state index contributed by atoms with van der Waals surface area (Å²) in [5.74, 6) is -0.974. The third-order valence-electron chi connectivity index (χ3n) is 13.7. The van der Waals surface area contributed by atoms with Gasteiger partial charge in [0.05, 0.1) is 0 Å². The molecule has 0 aromatic carbocycles. The Kier molecular flexibility index (Phi) is 62.3. The van der Waals surface area contributed by atoms with E-state index in [4.69, 9.17) is 14.2 Å². The molecule has 0 heterocycles. The molecular weight excluding hydrogens is 973 g/mol. The van der Waals surface area contributed by atoms with Crippen LogP contribution >= 0.6 is 0 Å². The van der Waals surface area contributed by atoms with Gasteiger partial charge in [-0.15, -0.1) is 0 Å². The number of esters is 3. The van der Waals surface area contributed by atoms with E-state index in [0.717, 1.165) is 128 Å². The number of hydrogen-bond donors (Lipinski definition) is 0. The molecular formula is C73H120O6. The van der Waals surface area contributed by atoms with Crippen molar-refractivity contribution < 1.29 is 28.6 Å². The Morgan fingerprint density at radius 1 is 0.266 bits per heavy atom. The molecule has 0 amide bonds. The lowest BCUT2D eigenvalue weighted by atomic mass is 10.0. The molecule has 1 unspecified atom stereocenters. The predicted octanol–water partition coefficient (Wildman–Crippen LogP) is 22.5. The molecule has 0 aromatic heterocycles. The molecule has 0 fully saturated rings. The van der Waals surface area contributed by atoms with Crippen LogP contribution < -0.4 is 0 Å². The summed E-state index contributed by atoms with van der Waals surface area (Å²) in [5, 5.41) is 0. The fourth-order valence-corrected chi connectivity index (χ4v) is 8.84. The van der Waals surface area contributed by atoms with E-state index in [9.17, 15) is 14.4 Å². The highest BCUT2D eigenvalue weighted by Crippen LogP contribution is 2.16. The van der Waals surface area contributed by atoms with Gasteiger partial charge < -0.3 is 14.2 Å². The fraction of sp³-hybridized carbons (Fsp3) is 0.658. The Hall–Kier alpha value is -4.45. The zero-order valence-electron chi connectivity index (χ0n) is 51.3. The van der Waals surface area contributed by atoms with Crippen molar-refractivity contribution in [3.05, 3.63) is 134 Å². The lowest BCUT2D eigenvalue weighted by molar-refractivity contribution is -0.167. The summed E-state index contributed by atoms with van der Waals surface area (Å²) < 4.78 is 16.9. The van der Waals surface area contributed by atoms with Crippen molar-refractivity contribution in [3.63, 3.8) is 0 Å². The molecule has 0 saturated heterocycles. The molecule has 6 heteroatoms. The van der Waals surface area contributed by atoms with E-state index in [1.807, 2.05) is 0 Å². The largest absolute Gasteiger partial charge is 0.462 e. The number of unbranched alkanes of at least 4 members (excludes halogenated alkanes) is 25. The molecule has 1 atom stereocenters. The summed E-state index contributed by atoms with van der Waals surface area (Å²) in [6, 6.07) is 0. The molecule has 0 aliphatic rings. The average Bonchev–Trinajstić information content (AvgIpc) is 3.45. The number of hydrogen-bond acceptors (Lipinski definition) is 6. The summed E-state index contributed by atoms with van der Waals surface area (Å²) in [6.07, 6.45) is 93.2. The van der Waals surface area contributed by atoms with Gasteiger partial charge in [-0.25, -0.2) is 0 Å². The molecule has 6 nitrogen and oxygen atoms in total. The minimum absolute atomic E-state index is 0.104. The number of ether oxygens (including phenoxy) is 3. The monoisotopic (exact) mass is 1090 g/mol. The highest BCUT2D eigenvalue weighted by Gasteiger charge is 2.19. The second-order valence-electron chi connectivity index (χ2n) is 21.3. The van der Waals surface area contributed by atoms with Crippen molar-refractivity contribution in [1.82, 2.24) is 0 Å². The summed E-state index contributed by atoms with van der Waals surface area (Å²) in [7, 11) is 0. The quantitative estimate of drug-likeness (QED) is 0.0261.